The number of amides is 3. The fourth-order valence-electron chi connectivity index (χ4n) is 8.53. The molecule has 3 N–H and O–H groups in total. The molecular formula is C59H76F12N12O9. The highest BCUT2D eigenvalue weighted by atomic mass is 19.2. The van der Waals surface area contributed by atoms with E-state index in [-0.39, 0.29) is 106 Å². The van der Waals surface area contributed by atoms with E-state index >= 15 is 0 Å². The number of carbonyl (C=O) groups excluding carboxylic acids is 6. The minimum atomic E-state index is -2.03. The number of halogens is 12. The molecule has 0 spiro atoms. The molecule has 0 saturated carbocycles. The number of esters is 3. The monoisotopic (exact) mass is 1320 g/mol. The molecule has 0 aliphatic heterocycles. The number of nitrogens with zero attached hydrogens (tertiary/aromatic N) is 9. The van der Waals surface area contributed by atoms with Gasteiger partial charge in [-0.1, -0.05) is 126 Å². The van der Waals surface area contributed by atoms with Crippen LogP contribution in [-0.2, 0) is 28.6 Å². The highest BCUT2D eigenvalue weighted by Crippen LogP contribution is 2.38. The lowest BCUT2D eigenvalue weighted by atomic mass is 9.69. The Bertz CT molecular complexity index is 3100. The Hall–Kier alpha value is -8.43. The van der Waals surface area contributed by atoms with Gasteiger partial charge < -0.3 is 30.2 Å². The van der Waals surface area contributed by atoms with Crippen molar-refractivity contribution in [3.63, 3.8) is 0 Å². The molecule has 92 heavy (non-hydrogen) atoms. The van der Waals surface area contributed by atoms with Crippen molar-refractivity contribution in [2.24, 2.45) is 73.0 Å². The van der Waals surface area contributed by atoms with Crippen LogP contribution in [0.4, 0.5) is 69.7 Å². The Morgan fingerprint density at radius 1 is 0.370 bits per heavy atom. The van der Waals surface area contributed by atoms with Crippen LogP contribution in [0.1, 0.15) is 161 Å². The van der Waals surface area contributed by atoms with Crippen molar-refractivity contribution in [3.05, 3.63) is 118 Å². The second-order valence-electron chi connectivity index (χ2n) is 23.9. The highest BCUT2D eigenvalue weighted by Gasteiger charge is 2.40. The summed E-state index contributed by atoms with van der Waals surface area (Å²) in [5.74, 6) is -28.2. The zero-order chi connectivity index (χ0) is 71.2. The van der Waals surface area contributed by atoms with Gasteiger partial charge in [-0.2, -0.15) is 0 Å². The van der Waals surface area contributed by atoms with Crippen LogP contribution in [0.5, 0.6) is 0 Å². The van der Waals surface area contributed by atoms with Gasteiger partial charge in [0.1, 0.15) is 33.8 Å². The molecule has 510 valence electrons. The Labute approximate surface area is 523 Å². The smallest absolute Gasteiger partial charge is 0.344 e. The summed E-state index contributed by atoms with van der Waals surface area (Å²) in [5.41, 5.74) is 13.4. The number of nitrogens with one attached hydrogen (secondary N) is 3. The van der Waals surface area contributed by atoms with Gasteiger partial charge >= 0.3 is 17.9 Å². The average Bonchev–Trinajstić information content (AvgIpc) is 0.808. The number of benzene rings is 3. The second-order valence-corrected chi connectivity index (χ2v) is 23.9. The number of carbonyl (C=O) groups is 6. The number of hydrogen-bond acceptors (Lipinski definition) is 12. The molecule has 3 rings (SSSR count). The zero-order valence-corrected chi connectivity index (χ0v) is 53.6. The predicted molar refractivity (Wildman–Crippen MR) is 311 cm³/mol. The van der Waals surface area contributed by atoms with Crippen LogP contribution in [0.15, 0.2) is 15.3 Å². The lowest BCUT2D eigenvalue weighted by molar-refractivity contribution is -0.133. The molecular weight excluding hydrogens is 1250 g/mol. The van der Waals surface area contributed by atoms with Gasteiger partial charge in [0, 0.05) is 50.6 Å². The molecule has 3 amide bonds. The first-order valence-corrected chi connectivity index (χ1v) is 28.6. The molecule has 0 bridgehead atoms. The van der Waals surface area contributed by atoms with Crippen molar-refractivity contribution in [1.29, 1.82) is 0 Å². The molecule has 0 radical (unpaired) electrons. The van der Waals surface area contributed by atoms with Gasteiger partial charge in [-0.25, -0.2) is 67.1 Å². The molecule has 21 nitrogen and oxygen atoms in total. The molecule has 0 aliphatic carbocycles. The summed E-state index contributed by atoms with van der Waals surface area (Å²) >= 11 is 0. The fraction of sp³-hybridized carbons (Fsp3) is 0.593. The number of hydrogen-bond donors (Lipinski definition) is 3. The molecule has 4 atom stereocenters. The quantitative estimate of drug-likeness (QED) is 0.00908. The zero-order valence-electron chi connectivity index (χ0n) is 53.6. The first-order valence-electron chi connectivity index (χ1n) is 28.6. The molecule has 0 heterocycles. The van der Waals surface area contributed by atoms with E-state index in [0.29, 0.717) is 11.8 Å². The van der Waals surface area contributed by atoms with Crippen LogP contribution in [0.2, 0.25) is 0 Å². The van der Waals surface area contributed by atoms with Gasteiger partial charge in [0.2, 0.25) is 17.7 Å². The lowest BCUT2D eigenvalue weighted by Crippen LogP contribution is -2.44. The Balaban J connectivity index is 0.000000690. The van der Waals surface area contributed by atoms with Gasteiger partial charge in [-0.3, -0.25) is 14.4 Å². The summed E-state index contributed by atoms with van der Waals surface area (Å²) in [6.45, 7) is 30.3. The second kappa shape index (κ2) is 36.0. The normalized spacial score (nSPS) is 12.7. The van der Waals surface area contributed by atoms with Crippen LogP contribution in [0, 0.1) is 127 Å². The van der Waals surface area contributed by atoms with E-state index in [0.717, 1.165) is 0 Å². The van der Waals surface area contributed by atoms with Crippen molar-refractivity contribution >= 4 is 52.7 Å². The van der Waals surface area contributed by atoms with E-state index in [9.17, 15) is 81.5 Å². The predicted octanol–water partition coefficient (Wildman–Crippen LogP) is 16.1. The molecule has 0 fully saturated rings. The summed E-state index contributed by atoms with van der Waals surface area (Å²) < 4.78 is 180. The molecule has 4 unspecified atom stereocenters. The summed E-state index contributed by atoms with van der Waals surface area (Å²) in [7, 11) is 0. The van der Waals surface area contributed by atoms with Gasteiger partial charge in [-0.15, -0.1) is 0 Å². The minimum Gasteiger partial charge on any atom is -0.462 e. The van der Waals surface area contributed by atoms with E-state index in [1.54, 1.807) is 0 Å². The van der Waals surface area contributed by atoms with Crippen molar-refractivity contribution in [1.82, 2.24) is 16.0 Å². The summed E-state index contributed by atoms with van der Waals surface area (Å²) in [5, 5.41) is 15.7. The van der Waals surface area contributed by atoms with Crippen LogP contribution < -0.4 is 16.0 Å². The molecule has 3 aromatic rings. The Kier molecular flexibility index (Phi) is 31.9. The Morgan fingerprint density at radius 2 is 0.576 bits per heavy atom. The van der Waals surface area contributed by atoms with E-state index in [2.05, 4.69) is 81.0 Å². The van der Waals surface area contributed by atoms with Crippen molar-refractivity contribution in [3.8, 4) is 0 Å². The summed E-state index contributed by atoms with van der Waals surface area (Å²) in [4.78, 5) is 79.1. The maximum absolute atomic E-state index is 14.0. The number of azide groups is 3. The summed E-state index contributed by atoms with van der Waals surface area (Å²) in [6.07, 6.45) is 0.315. The topological polar surface area (TPSA) is 312 Å². The van der Waals surface area contributed by atoms with E-state index in [1.807, 2.05) is 90.0 Å². The SMILES string of the molecule is CC(C)C(C)C(C)(C)C(=O)NCCCOC(=O)c1c(F)c(F)c(N=[N+]=[N-])c(F)c1F.CC(C)C(C)C(C)(C)C(=O)NCCCOC(=O)c1c(F)c(F)c(N=[N+]=[N-])c(F)c1F.CC(C)C(C)C(C)C(C)(C)C(=O)NCCCOC(=O)c1c(F)c(F)c(N=[N+]=[N-])c(F)c1F. The molecule has 0 aliphatic rings. The third-order valence-electron chi connectivity index (χ3n) is 16.3. The molecule has 33 heteroatoms. The maximum atomic E-state index is 14.0. The highest BCUT2D eigenvalue weighted by molar-refractivity contribution is 5.92. The van der Waals surface area contributed by atoms with Gasteiger partial charge in [0.25, 0.3) is 0 Å². The first kappa shape index (κ1) is 81.6. The van der Waals surface area contributed by atoms with Gasteiger partial charge in [-0.05, 0) is 77.3 Å². The minimum absolute atomic E-state index is 0.0874. The first-order chi connectivity index (χ1) is 42.5. The van der Waals surface area contributed by atoms with Crippen LogP contribution >= 0.6 is 0 Å². The van der Waals surface area contributed by atoms with Crippen molar-refractivity contribution in [2.45, 2.75) is 130 Å². The maximum Gasteiger partial charge on any atom is 0.344 e. The number of ether oxygens (including phenoxy) is 3. The molecule has 0 aromatic heterocycles. The van der Waals surface area contributed by atoms with Gasteiger partial charge in [0.15, 0.2) is 69.8 Å². The van der Waals surface area contributed by atoms with Crippen LogP contribution in [0.25, 0.3) is 31.3 Å². The standard InChI is InChI=1S/C21H28F4N4O3.2C19H24F4N4O3/c1-10(2)11(3)12(4)21(5,6)20(31)27-8-7-9-32-19(30)13-14(22)16(24)18(28-29-26)17(25)15(13)23;2*1-9(2)10(3)19(4,5)18(29)25-7-6-8-30-17(28)11-12(20)14(22)16(26-27-24)15(23)13(11)21/h10-12H,7-9H2,1-6H3,(H,27,31);2*9-10H,6-8H2,1-5H3,(H,25,29). The van der Waals surface area contributed by atoms with Crippen LogP contribution in [-0.4, -0.2) is 75.1 Å². The third-order valence-corrected chi connectivity index (χ3v) is 16.3. The van der Waals surface area contributed by atoms with E-state index < -0.39 is 138 Å². The molecule has 0 saturated heterocycles. The van der Waals surface area contributed by atoms with Gasteiger partial charge in [0.05, 0.1) is 19.8 Å². The van der Waals surface area contributed by atoms with E-state index in [1.165, 1.54) is 0 Å². The van der Waals surface area contributed by atoms with Crippen LogP contribution in [0.3, 0.4) is 0 Å². The summed E-state index contributed by atoms with van der Waals surface area (Å²) in [6, 6.07) is 0. The van der Waals surface area contributed by atoms with E-state index in [4.69, 9.17) is 16.6 Å². The molecule has 3 aromatic carbocycles. The average molecular weight is 1330 g/mol. The largest absolute Gasteiger partial charge is 0.462 e. The Morgan fingerprint density at radius 3 is 0.761 bits per heavy atom. The third kappa shape index (κ3) is 20.5. The number of rotatable bonds is 28. The van der Waals surface area contributed by atoms with Crippen molar-refractivity contribution < 1.29 is 95.7 Å². The van der Waals surface area contributed by atoms with Crippen molar-refractivity contribution in [2.75, 3.05) is 39.5 Å². The lowest BCUT2D eigenvalue weighted by Gasteiger charge is -2.36. The fourth-order valence-corrected chi connectivity index (χ4v) is 8.53.